The van der Waals surface area contributed by atoms with Crippen molar-refractivity contribution in [1.82, 2.24) is 0 Å². The number of nitriles is 1. The molecule has 0 heterocycles. The van der Waals surface area contributed by atoms with Crippen LogP contribution in [0.5, 0.6) is 0 Å². The Morgan fingerprint density at radius 1 is 0.826 bits per heavy atom. The Bertz CT molecular complexity index is 351. The first-order chi connectivity index (χ1) is 11.2. The summed E-state index contributed by atoms with van der Waals surface area (Å²) >= 11 is 0. The molecule has 0 N–H and O–H groups in total. The highest BCUT2D eigenvalue weighted by Crippen LogP contribution is 2.47. The Balaban J connectivity index is 1.67. The third-order valence-electron chi connectivity index (χ3n) is 6.98. The first kappa shape index (κ1) is 18.8. The van der Waals surface area contributed by atoms with Gasteiger partial charge < -0.3 is 0 Å². The van der Waals surface area contributed by atoms with Crippen molar-refractivity contribution in [3.05, 3.63) is 0 Å². The lowest BCUT2D eigenvalue weighted by molar-refractivity contribution is 0.115. The normalized spacial score (nSPS) is 34.9. The molecular formula is C22H39N. The van der Waals surface area contributed by atoms with Gasteiger partial charge in [0.25, 0.3) is 0 Å². The van der Waals surface area contributed by atoms with E-state index in [9.17, 15) is 5.26 Å². The highest BCUT2D eigenvalue weighted by atomic mass is 14.4. The molecule has 23 heavy (non-hydrogen) atoms. The molecule has 0 aliphatic heterocycles. The van der Waals surface area contributed by atoms with Gasteiger partial charge in [0.1, 0.15) is 0 Å². The van der Waals surface area contributed by atoms with Crippen molar-refractivity contribution >= 4 is 0 Å². The van der Waals surface area contributed by atoms with Crippen LogP contribution in [0.2, 0.25) is 0 Å². The second kappa shape index (κ2) is 9.71. The summed E-state index contributed by atoms with van der Waals surface area (Å²) in [5.41, 5.74) is 0.0434. The van der Waals surface area contributed by atoms with Gasteiger partial charge in [0.15, 0.2) is 0 Å². The Labute approximate surface area is 145 Å². The third kappa shape index (κ3) is 5.51. The van der Waals surface area contributed by atoms with Gasteiger partial charge in [0.05, 0.1) is 11.5 Å². The van der Waals surface area contributed by atoms with E-state index in [2.05, 4.69) is 19.9 Å². The van der Waals surface area contributed by atoms with Gasteiger partial charge in [-0.05, 0) is 62.7 Å². The SMILES string of the molecule is CCCCCCC1CCC(C2CCC(C#N)(CCC)CC2)CC1. The van der Waals surface area contributed by atoms with Crippen LogP contribution in [0.1, 0.15) is 110 Å². The van der Waals surface area contributed by atoms with Crippen LogP contribution in [0.4, 0.5) is 0 Å². The zero-order valence-electron chi connectivity index (χ0n) is 15.8. The highest BCUT2D eigenvalue weighted by Gasteiger charge is 2.37. The molecule has 0 radical (unpaired) electrons. The molecule has 2 fully saturated rings. The maximum atomic E-state index is 9.57. The van der Waals surface area contributed by atoms with Crippen molar-refractivity contribution in [3.63, 3.8) is 0 Å². The molecule has 0 amide bonds. The summed E-state index contributed by atoms with van der Waals surface area (Å²) in [6.45, 7) is 4.53. The summed E-state index contributed by atoms with van der Waals surface area (Å²) in [5, 5.41) is 9.57. The van der Waals surface area contributed by atoms with E-state index >= 15 is 0 Å². The van der Waals surface area contributed by atoms with Crippen molar-refractivity contribution in [2.24, 2.45) is 23.2 Å². The minimum absolute atomic E-state index is 0.0434. The average Bonchev–Trinajstić information content (AvgIpc) is 2.60. The first-order valence-corrected chi connectivity index (χ1v) is 10.6. The predicted octanol–water partition coefficient (Wildman–Crippen LogP) is 7.26. The van der Waals surface area contributed by atoms with E-state index in [0.29, 0.717) is 0 Å². The van der Waals surface area contributed by atoms with Crippen LogP contribution in [0.25, 0.3) is 0 Å². The van der Waals surface area contributed by atoms with Crippen LogP contribution < -0.4 is 0 Å². The molecule has 0 aromatic carbocycles. The molecule has 0 saturated heterocycles. The lowest BCUT2D eigenvalue weighted by atomic mass is 9.63. The molecule has 2 aliphatic rings. The lowest BCUT2D eigenvalue weighted by Gasteiger charge is -2.40. The van der Waals surface area contributed by atoms with Crippen LogP contribution in [-0.2, 0) is 0 Å². The van der Waals surface area contributed by atoms with Gasteiger partial charge in [-0.2, -0.15) is 5.26 Å². The summed E-state index contributed by atoms with van der Waals surface area (Å²) in [7, 11) is 0. The van der Waals surface area contributed by atoms with Gasteiger partial charge >= 0.3 is 0 Å². The van der Waals surface area contributed by atoms with E-state index < -0.39 is 0 Å². The molecule has 1 heteroatoms. The Kier molecular flexibility index (Phi) is 7.94. The van der Waals surface area contributed by atoms with Crippen molar-refractivity contribution in [3.8, 4) is 6.07 Å². The van der Waals surface area contributed by atoms with Gasteiger partial charge in [0, 0.05) is 0 Å². The second-order valence-corrected chi connectivity index (χ2v) is 8.61. The Hall–Kier alpha value is -0.510. The van der Waals surface area contributed by atoms with Gasteiger partial charge in [0.2, 0.25) is 0 Å². The molecule has 0 unspecified atom stereocenters. The fourth-order valence-electron chi connectivity index (χ4n) is 5.37. The number of hydrogen-bond donors (Lipinski definition) is 0. The molecule has 0 bridgehead atoms. The molecule has 0 atom stereocenters. The summed E-state index contributed by atoms with van der Waals surface area (Å²) in [6.07, 6.45) is 20.5. The lowest BCUT2D eigenvalue weighted by Crippen LogP contribution is -2.31. The van der Waals surface area contributed by atoms with Gasteiger partial charge in [-0.15, -0.1) is 0 Å². The van der Waals surface area contributed by atoms with Crippen LogP contribution in [0.3, 0.4) is 0 Å². The average molecular weight is 318 g/mol. The molecule has 2 saturated carbocycles. The Morgan fingerprint density at radius 3 is 2.04 bits per heavy atom. The van der Waals surface area contributed by atoms with Crippen molar-refractivity contribution in [1.29, 1.82) is 5.26 Å². The molecule has 132 valence electrons. The minimum atomic E-state index is 0.0434. The van der Waals surface area contributed by atoms with E-state index in [-0.39, 0.29) is 5.41 Å². The largest absolute Gasteiger partial charge is 0.198 e. The van der Waals surface area contributed by atoms with Crippen molar-refractivity contribution < 1.29 is 0 Å². The zero-order chi connectivity index (χ0) is 16.5. The maximum absolute atomic E-state index is 9.57. The van der Waals surface area contributed by atoms with E-state index in [1.54, 1.807) is 0 Å². The van der Waals surface area contributed by atoms with E-state index in [1.807, 2.05) is 0 Å². The molecule has 2 aliphatic carbocycles. The summed E-state index contributed by atoms with van der Waals surface area (Å²) < 4.78 is 0. The summed E-state index contributed by atoms with van der Waals surface area (Å²) in [5.74, 6) is 2.96. The highest BCUT2D eigenvalue weighted by molar-refractivity contribution is 5.02. The summed E-state index contributed by atoms with van der Waals surface area (Å²) in [6, 6.07) is 2.68. The van der Waals surface area contributed by atoms with Gasteiger partial charge in [-0.25, -0.2) is 0 Å². The number of nitrogens with zero attached hydrogens (tertiary/aromatic N) is 1. The minimum Gasteiger partial charge on any atom is -0.198 e. The van der Waals surface area contributed by atoms with Crippen LogP contribution in [-0.4, -0.2) is 0 Å². The molecular weight excluding hydrogens is 278 g/mol. The topological polar surface area (TPSA) is 23.8 Å². The maximum Gasteiger partial charge on any atom is 0.0689 e. The zero-order valence-corrected chi connectivity index (χ0v) is 15.8. The fraction of sp³-hybridized carbons (Fsp3) is 0.955. The van der Waals surface area contributed by atoms with Crippen LogP contribution >= 0.6 is 0 Å². The van der Waals surface area contributed by atoms with E-state index in [0.717, 1.165) is 24.2 Å². The van der Waals surface area contributed by atoms with Gasteiger partial charge in [-0.3, -0.25) is 0 Å². The van der Waals surface area contributed by atoms with E-state index in [1.165, 1.54) is 89.9 Å². The summed E-state index contributed by atoms with van der Waals surface area (Å²) in [4.78, 5) is 0. The Morgan fingerprint density at radius 2 is 1.48 bits per heavy atom. The number of hydrogen-bond acceptors (Lipinski definition) is 1. The monoisotopic (exact) mass is 317 g/mol. The fourth-order valence-corrected chi connectivity index (χ4v) is 5.37. The van der Waals surface area contributed by atoms with E-state index in [4.69, 9.17) is 0 Å². The van der Waals surface area contributed by atoms with Crippen LogP contribution in [0, 0.1) is 34.5 Å². The van der Waals surface area contributed by atoms with Gasteiger partial charge in [-0.1, -0.05) is 65.2 Å². The first-order valence-electron chi connectivity index (χ1n) is 10.6. The molecule has 0 aromatic rings. The molecule has 0 spiro atoms. The second-order valence-electron chi connectivity index (χ2n) is 8.61. The van der Waals surface area contributed by atoms with Crippen molar-refractivity contribution in [2.45, 2.75) is 110 Å². The number of rotatable bonds is 8. The standard InChI is InChI=1S/C22H39N/c1-3-5-6-7-8-19-9-11-20(12-10-19)21-13-16-22(18-23,15-4-2)17-14-21/h19-21H,3-17H2,1-2H3. The molecule has 1 nitrogen and oxygen atoms in total. The molecule has 2 rings (SSSR count). The number of unbranched alkanes of at least 4 members (excludes halogenated alkanes) is 3. The smallest absolute Gasteiger partial charge is 0.0689 e. The third-order valence-corrected chi connectivity index (χ3v) is 6.98. The quantitative estimate of drug-likeness (QED) is 0.432. The van der Waals surface area contributed by atoms with Crippen molar-refractivity contribution in [2.75, 3.05) is 0 Å². The molecule has 0 aromatic heterocycles. The van der Waals surface area contributed by atoms with Crippen LogP contribution in [0.15, 0.2) is 0 Å². The predicted molar refractivity (Wildman–Crippen MR) is 99.1 cm³/mol.